The van der Waals surface area contributed by atoms with Crippen molar-refractivity contribution in [1.82, 2.24) is 5.32 Å². The highest BCUT2D eigenvalue weighted by atomic mass is 32.1. The predicted molar refractivity (Wildman–Crippen MR) is 113 cm³/mol. The van der Waals surface area contributed by atoms with Crippen molar-refractivity contribution in [3.8, 4) is 0 Å². The SMILES string of the molecule is CCCCc1ccc(C2C(C(=O)OCC)=C(C)NC3=C2C(=O)CC(C)(C)C3)s1. The second-order valence-corrected chi connectivity index (χ2v) is 9.76. The van der Waals surface area contributed by atoms with Crippen LogP contribution in [0.1, 0.15) is 76.0 Å². The first-order valence-electron chi connectivity index (χ1n) is 10.3. The Morgan fingerprint density at radius 3 is 2.71 bits per heavy atom. The molecule has 0 saturated carbocycles. The summed E-state index contributed by atoms with van der Waals surface area (Å²) in [6.45, 7) is 10.5. The number of unbranched alkanes of at least 4 members (excludes halogenated alkanes) is 1. The van der Waals surface area contributed by atoms with Crippen LogP contribution in [-0.4, -0.2) is 18.4 Å². The predicted octanol–water partition coefficient (Wildman–Crippen LogP) is 5.26. The van der Waals surface area contributed by atoms with Crippen molar-refractivity contribution in [2.75, 3.05) is 6.61 Å². The summed E-state index contributed by atoms with van der Waals surface area (Å²) in [4.78, 5) is 28.4. The van der Waals surface area contributed by atoms with Gasteiger partial charge in [0.1, 0.15) is 0 Å². The zero-order valence-corrected chi connectivity index (χ0v) is 18.4. The number of ketones is 1. The number of ether oxygens (including phenoxy) is 1. The highest BCUT2D eigenvalue weighted by molar-refractivity contribution is 7.12. The minimum absolute atomic E-state index is 0.0725. The third-order valence-electron chi connectivity index (χ3n) is 5.48. The number of carbonyl (C=O) groups is 2. The lowest BCUT2D eigenvalue weighted by Gasteiger charge is -2.39. The van der Waals surface area contributed by atoms with Crippen molar-refractivity contribution in [3.63, 3.8) is 0 Å². The minimum Gasteiger partial charge on any atom is -0.463 e. The quantitative estimate of drug-likeness (QED) is 0.661. The van der Waals surface area contributed by atoms with Crippen molar-refractivity contribution in [3.05, 3.63) is 44.4 Å². The Bertz CT molecular complexity index is 844. The van der Waals surface area contributed by atoms with E-state index in [1.165, 1.54) is 4.88 Å². The molecular formula is C23H31NO3S. The number of esters is 1. The molecule has 2 heterocycles. The molecule has 3 rings (SSSR count). The van der Waals surface area contributed by atoms with Crippen molar-refractivity contribution < 1.29 is 14.3 Å². The van der Waals surface area contributed by atoms with Crippen LogP contribution in [0.25, 0.3) is 0 Å². The number of Topliss-reactive ketones (excluding diaryl/α,β-unsaturated/α-hetero) is 1. The van der Waals surface area contributed by atoms with Crippen LogP contribution in [-0.2, 0) is 20.7 Å². The molecule has 4 nitrogen and oxygen atoms in total. The molecule has 0 bridgehead atoms. The van der Waals surface area contributed by atoms with Crippen molar-refractivity contribution in [2.45, 2.75) is 72.6 Å². The fraction of sp³-hybridized carbons (Fsp3) is 0.565. The smallest absolute Gasteiger partial charge is 0.336 e. The number of hydrogen-bond donors (Lipinski definition) is 1. The number of allylic oxidation sites excluding steroid dienone is 3. The van der Waals surface area contributed by atoms with Crippen LogP contribution < -0.4 is 5.32 Å². The van der Waals surface area contributed by atoms with Gasteiger partial charge < -0.3 is 10.1 Å². The van der Waals surface area contributed by atoms with E-state index in [0.717, 1.165) is 47.5 Å². The van der Waals surface area contributed by atoms with Gasteiger partial charge in [0, 0.05) is 33.1 Å². The second kappa shape index (κ2) is 8.24. The first-order valence-corrected chi connectivity index (χ1v) is 11.1. The average Bonchev–Trinajstić information content (AvgIpc) is 3.06. The van der Waals surface area contributed by atoms with Crippen LogP contribution in [0.2, 0.25) is 0 Å². The maximum Gasteiger partial charge on any atom is 0.336 e. The Hall–Kier alpha value is -1.88. The van der Waals surface area contributed by atoms with Gasteiger partial charge in [-0.05, 0) is 50.7 Å². The highest BCUT2D eigenvalue weighted by Gasteiger charge is 2.43. The summed E-state index contributed by atoms with van der Waals surface area (Å²) >= 11 is 1.72. The molecule has 0 aromatic carbocycles. The molecule has 0 saturated heterocycles. The molecule has 1 aromatic rings. The molecule has 5 heteroatoms. The fourth-order valence-corrected chi connectivity index (χ4v) is 5.41. The van der Waals surface area contributed by atoms with Crippen molar-refractivity contribution >= 4 is 23.1 Å². The zero-order chi connectivity index (χ0) is 20.5. The summed E-state index contributed by atoms with van der Waals surface area (Å²) in [5, 5.41) is 3.38. The van der Waals surface area contributed by atoms with E-state index in [1.54, 1.807) is 11.3 Å². The van der Waals surface area contributed by atoms with E-state index in [4.69, 9.17) is 4.74 Å². The van der Waals surface area contributed by atoms with E-state index in [0.29, 0.717) is 18.6 Å². The molecule has 0 amide bonds. The average molecular weight is 402 g/mol. The van der Waals surface area contributed by atoms with Gasteiger partial charge in [0.05, 0.1) is 18.1 Å². The number of thiophene rings is 1. The van der Waals surface area contributed by atoms with E-state index in [9.17, 15) is 9.59 Å². The molecule has 1 aromatic heterocycles. The Balaban J connectivity index is 2.08. The summed E-state index contributed by atoms with van der Waals surface area (Å²) in [6.07, 6.45) is 4.65. The number of nitrogens with one attached hydrogen (secondary N) is 1. The van der Waals surface area contributed by atoms with Crippen LogP contribution in [0.3, 0.4) is 0 Å². The monoisotopic (exact) mass is 401 g/mol. The normalized spacial score (nSPS) is 21.5. The van der Waals surface area contributed by atoms with Gasteiger partial charge in [-0.15, -0.1) is 11.3 Å². The summed E-state index contributed by atoms with van der Waals surface area (Å²) in [5.74, 6) is -0.508. The fourth-order valence-electron chi connectivity index (χ4n) is 4.24. The molecule has 28 heavy (non-hydrogen) atoms. The van der Waals surface area contributed by atoms with Crippen LogP contribution >= 0.6 is 11.3 Å². The van der Waals surface area contributed by atoms with Crippen LogP contribution in [0.4, 0.5) is 0 Å². The lowest BCUT2D eigenvalue weighted by molar-refractivity contribution is -0.138. The van der Waals surface area contributed by atoms with Gasteiger partial charge in [0.25, 0.3) is 0 Å². The minimum atomic E-state index is -0.329. The molecule has 0 radical (unpaired) electrons. The number of aryl methyl sites for hydroxylation is 1. The maximum atomic E-state index is 13.2. The molecule has 1 unspecified atom stereocenters. The largest absolute Gasteiger partial charge is 0.463 e. The molecule has 0 spiro atoms. The molecule has 1 aliphatic heterocycles. The van der Waals surface area contributed by atoms with Gasteiger partial charge >= 0.3 is 5.97 Å². The molecular weight excluding hydrogens is 370 g/mol. The summed E-state index contributed by atoms with van der Waals surface area (Å²) in [7, 11) is 0. The summed E-state index contributed by atoms with van der Waals surface area (Å²) in [6, 6.07) is 4.24. The Morgan fingerprint density at radius 2 is 2.04 bits per heavy atom. The molecule has 0 fully saturated rings. The molecule has 1 aliphatic carbocycles. The molecule has 1 N–H and O–H groups in total. The Kier molecular flexibility index (Phi) is 6.13. The number of dihydropyridines is 1. The summed E-state index contributed by atoms with van der Waals surface area (Å²) in [5.41, 5.74) is 3.04. The van der Waals surface area contributed by atoms with Gasteiger partial charge in [-0.2, -0.15) is 0 Å². The number of hydrogen-bond acceptors (Lipinski definition) is 5. The van der Waals surface area contributed by atoms with E-state index >= 15 is 0 Å². The topological polar surface area (TPSA) is 55.4 Å². The van der Waals surface area contributed by atoms with Crippen molar-refractivity contribution in [2.24, 2.45) is 5.41 Å². The van der Waals surface area contributed by atoms with Crippen LogP contribution in [0.15, 0.2) is 34.7 Å². The van der Waals surface area contributed by atoms with E-state index in [-0.39, 0.29) is 23.1 Å². The first kappa shape index (κ1) is 20.8. The number of rotatable bonds is 6. The summed E-state index contributed by atoms with van der Waals surface area (Å²) < 4.78 is 5.37. The zero-order valence-electron chi connectivity index (χ0n) is 17.6. The standard InChI is InChI=1S/C23H31NO3S/c1-6-8-9-15-10-11-18(28-15)21-19(22(26)27-7-2)14(3)24-16-12-23(4,5)13-17(25)20(16)21/h10-11,21,24H,6-9,12-13H2,1-5H3. The van der Waals surface area contributed by atoms with Gasteiger partial charge in [0.15, 0.2) is 5.78 Å². The Morgan fingerprint density at radius 1 is 1.29 bits per heavy atom. The van der Waals surface area contributed by atoms with E-state index in [1.807, 2.05) is 13.8 Å². The second-order valence-electron chi connectivity index (χ2n) is 8.56. The Labute approximate surface area is 172 Å². The maximum absolute atomic E-state index is 13.2. The molecule has 152 valence electrons. The van der Waals surface area contributed by atoms with Crippen LogP contribution in [0.5, 0.6) is 0 Å². The van der Waals surface area contributed by atoms with Crippen LogP contribution in [0, 0.1) is 5.41 Å². The lowest BCUT2D eigenvalue weighted by Crippen LogP contribution is -2.38. The van der Waals surface area contributed by atoms with Gasteiger partial charge in [-0.3, -0.25) is 4.79 Å². The van der Waals surface area contributed by atoms with Gasteiger partial charge in [0.2, 0.25) is 0 Å². The van der Waals surface area contributed by atoms with E-state index < -0.39 is 0 Å². The van der Waals surface area contributed by atoms with Crippen molar-refractivity contribution in [1.29, 1.82) is 0 Å². The third kappa shape index (κ3) is 4.09. The molecule has 2 aliphatic rings. The lowest BCUT2D eigenvalue weighted by atomic mass is 9.70. The molecule has 1 atom stereocenters. The van der Waals surface area contributed by atoms with E-state index in [2.05, 4.69) is 38.2 Å². The first-order chi connectivity index (χ1) is 13.3. The number of carbonyl (C=O) groups excluding carboxylic acids is 2. The highest BCUT2D eigenvalue weighted by Crippen LogP contribution is 2.48. The van der Waals surface area contributed by atoms with Gasteiger partial charge in [-0.1, -0.05) is 27.2 Å². The van der Waals surface area contributed by atoms with Gasteiger partial charge in [-0.25, -0.2) is 4.79 Å². The third-order valence-corrected chi connectivity index (χ3v) is 6.69.